The van der Waals surface area contributed by atoms with Crippen molar-refractivity contribution in [3.05, 3.63) is 0 Å². The van der Waals surface area contributed by atoms with E-state index < -0.39 is 0 Å². The maximum absolute atomic E-state index is 11.1. The van der Waals surface area contributed by atoms with Crippen molar-refractivity contribution in [3.8, 4) is 0 Å². The predicted molar refractivity (Wildman–Crippen MR) is 49.5 cm³/mol. The summed E-state index contributed by atoms with van der Waals surface area (Å²) in [6.07, 6.45) is 1.18. The Labute approximate surface area is 80.7 Å². The van der Waals surface area contributed by atoms with Crippen molar-refractivity contribution in [2.75, 3.05) is 12.3 Å². The Bertz CT molecular complexity index is 236. The van der Waals surface area contributed by atoms with Gasteiger partial charge in [-0.2, -0.15) is 0 Å². The molecule has 1 fully saturated rings. The third-order valence-electron chi connectivity index (χ3n) is 1.70. The molecule has 0 aliphatic carbocycles. The van der Waals surface area contributed by atoms with Crippen LogP contribution in [0.25, 0.3) is 0 Å². The summed E-state index contributed by atoms with van der Waals surface area (Å²) >= 11 is 0.959. The Kier molecular flexibility index (Phi) is 3.48. The first-order valence-corrected chi connectivity index (χ1v) is 5.12. The Hall–Kier alpha value is -0.840. The van der Waals surface area contributed by atoms with E-state index in [4.69, 9.17) is 0 Å². The second-order valence-corrected chi connectivity index (χ2v) is 3.75. The molecule has 1 aliphatic heterocycles. The van der Waals surface area contributed by atoms with Crippen LogP contribution in [0.3, 0.4) is 0 Å². The van der Waals surface area contributed by atoms with Crippen LogP contribution in [0.1, 0.15) is 19.8 Å². The van der Waals surface area contributed by atoms with Crippen LogP contribution in [0.15, 0.2) is 0 Å². The number of hydrogen-bond acceptors (Lipinski definition) is 4. The van der Waals surface area contributed by atoms with Crippen molar-refractivity contribution < 1.29 is 14.4 Å². The number of ketones is 1. The van der Waals surface area contributed by atoms with Gasteiger partial charge in [0.15, 0.2) is 5.78 Å². The van der Waals surface area contributed by atoms with Crippen molar-refractivity contribution in [3.63, 3.8) is 0 Å². The highest BCUT2D eigenvalue weighted by atomic mass is 32.2. The second kappa shape index (κ2) is 4.41. The largest absolute Gasteiger partial charge is 0.298 e. The molecule has 0 radical (unpaired) electrons. The Morgan fingerprint density at radius 1 is 1.54 bits per heavy atom. The number of Topliss-reactive ketones (excluding diaryl/α,β-unsaturated/α-hetero) is 1. The van der Waals surface area contributed by atoms with Gasteiger partial charge in [0.1, 0.15) is 0 Å². The smallest absolute Gasteiger partial charge is 0.289 e. The minimum absolute atomic E-state index is 0.0431. The van der Waals surface area contributed by atoms with Gasteiger partial charge in [-0.15, -0.1) is 0 Å². The molecule has 0 atom stereocenters. The van der Waals surface area contributed by atoms with E-state index in [1.54, 1.807) is 0 Å². The topological polar surface area (TPSA) is 54.5 Å². The van der Waals surface area contributed by atoms with Crippen LogP contribution in [-0.4, -0.2) is 34.1 Å². The predicted octanol–water partition coefficient (Wildman–Crippen LogP) is 1.05. The molecule has 13 heavy (non-hydrogen) atoms. The minimum Gasteiger partial charge on any atom is -0.298 e. The lowest BCUT2D eigenvalue weighted by atomic mass is 10.2. The van der Waals surface area contributed by atoms with E-state index in [2.05, 4.69) is 0 Å². The summed E-state index contributed by atoms with van der Waals surface area (Å²) in [5.41, 5.74) is 0. The fraction of sp³-hybridized carbons (Fsp3) is 0.625. The summed E-state index contributed by atoms with van der Waals surface area (Å²) in [4.78, 5) is 34.3. The second-order valence-electron chi connectivity index (χ2n) is 2.82. The summed E-state index contributed by atoms with van der Waals surface area (Å²) in [5, 5.41) is -0.297. The van der Waals surface area contributed by atoms with Gasteiger partial charge >= 0.3 is 0 Å². The quantitative estimate of drug-likeness (QED) is 0.682. The molecule has 5 heteroatoms. The number of thioether (sulfide) groups is 1. The Morgan fingerprint density at radius 3 is 2.69 bits per heavy atom. The molecule has 1 saturated heterocycles. The van der Waals surface area contributed by atoms with E-state index in [-0.39, 0.29) is 29.2 Å². The lowest BCUT2D eigenvalue weighted by molar-refractivity contribution is -0.129. The fourth-order valence-corrected chi connectivity index (χ4v) is 1.79. The van der Waals surface area contributed by atoms with Crippen LogP contribution in [0.4, 0.5) is 4.79 Å². The maximum atomic E-state index is 11.1. The van der Waals surface area contributed by atoms with Crippen molar-refractivity contribution in [1.82, 2.24) is 4.90 Å². The highest BCUT2D eigenvalue weighted by molar-refractivity contribution is 8.14. The number of carbonyl (C=O) groups excluding carboxylic acids is 3. The zero-order valence-corrected chi connectivity index (χ0v) is 8.23. The molecule has 0 aromatic rings. The van der Waals surface area contributed by atoms with E-state index >= 15 is 0 Å². The van der Waals surface area contributed by atoms with E-state index in [0.717, 1.165) is 23.1 Å². The van der Waals surface area contributed by atoms with Gasteiger partial charge in [0.05, 0.1) is 12.3 Å². The van der Waals surface area contributed by atoms with Gasteiger partial charge in [-0.25, -0.2) is 0 Å². The summed E-state index contributed by atoms with van der Waals surface area (Å²) in [6, 6.07) is 0. The molecule has 2 amide bonds. The lowest BCUT2D eigenvalue weighted by Gasteiger charge is -2.10. The number of rotatable bonds is 4. The number of nitrogens with zero attached hydrogens (tertiary/aromatic N) is 1. The third-order valence-corrected chi connectivity index (χ3v) is 2.56. The monoisotopic (exact) mass is 201 g/mol. The highest BCUT2D eigenvalue weighted by Gasteiger charge is 2.30. The molecule has 0 aromatic heterocycles. The molecular weight excluding hydrogens is 190 g/mol. The first-order chi connectivity index (χ1) is 6.15. The summed E-state index contributed by atoms with van der Waals surface area (Å²) in [7, 11) is 0. The average Bonchev–Trinajstić information content (AvgIpc) is 2.36. The fourth-order valence-electron chi connectivity index (χ4n) is 1.07. The van der Waals surface area contributed by atoms with E-state index in [1.165, 1.54) is 0 Å². The van der Waals surface area contributed by atoms with Crippen LogP contribution in [0.5, 0.6) is 0 Å². The lowest BCUT2D eigenvalue weighted by Crippen LogP contribution is -2.33. The molecule has 0 saturated carbocycles. The van der Waals surface area contributed by atoms with Crippen LogP contribution in [0.2, 0.25) is 0 Å². The van der Waals surface area contributed by atoms with E-state index in [0.29, 0.717) is 6.42 Å². The standard InChI is InChI=1S/C8H11NO3S/c1-2-3-6(10)4-9-7(11)5-13-8(9)12/h2-5H2,1H3. The number of hydrogen-bond donors (Lipinski definition) is 0. The molecule has 1 heterocycles. The van der Waals surface area contributed by atoms with Gasteiger partial charge in [-0.3, -0.25) is 19.3 Å². The Balaban J connectivity index is 2.48. The number of amides is 2. The van der Waals surface area contributed by atoms with Gasteiger partial charge in [-0.05, 0) is 6.42 Å². The van der Waals surface area contributed by atoms with Crippen molar-refractivity contribution >= 4 is 28.7 Å². The van der Waals surface area contributed by atoms with Gasteiger partial charge in [0, 0.05) is 6.42 Å². The molecule has 1 aliphatic rings. The Morgan fingerprint density at radius 2 is 2.23 bits per heavy atom. The molecule has 0 N–H and O–H groups in total. The van der Waals surface area contributed by atoms with Gasteiger partial charge in [0.2, 0.25) is 5.91 Å². The normalized spacial score (nSPS) is 16.8. The molecule has 4 nitrogen and oxygen atoms in total. The van der Waals surface area contributed by atoms with Crippen molar-refractivity contribution in [2.24, 2.45) is 0 Å². The van der Waals surface area contributed by atoms with E-state index in [9.17, 15) is 14.4 Å². The van der Waals surface area contributed by atoms with Crippen molar-refractivity contribution in [1.29, 1.82) is 0 Å². The van der Waals surface area contributed by atoms with Gasteiger partial charge in [0.25, 0.3) is 5.24 Å². The molecule has 1 rings (SSSR count). The van der Waals surface area contributed by atoms with Crippen LogP contribution < -0.4 is 0 Å². The molecular formula is C8H11NO3S. The first kappa shape index (κ1) is 10.2. The summed E-state index contributed by atoms with van der Waals surface area (Å²) < 4.78 is 0. The average molecular weight is 201 g/mol. The van der Waals surface area contributed by atoms with Gasteiger partial charge < -0.3 is 0 Å². The van der Waals surface area contributed by atoms with Crippen LogP contribution in [-0.2, 0) is 9.59 Å². The first-order valence-electron chi connectivity index (χ1n) is 4.14. The molecule has 0 spiro atoms. The summed E-state index contributed by atoms with van der Waals surface area (Å²) in [5.74, 6) is -0.121. The minimum atomic E-state index is -0.297. The zero-order valence-electron chi connectivity index (χ0n) is 7.41. The van der Waals surface area contributed by atoms with Crippen molar-refractivity contribution in [2.45, 2.75) is 19.8 Å². The molecule has 0 bridgehead atoms. The third kappa shape index (κ3) is 2.55. The van der Waals surface area contributed by atoms with Crippen LogP contribution >= 0.6 is 11.8 Å². The zero-order chi connectivity index (χ0) is 9.84. The highest BCUT2D eigenvalue weighted by Crippen LogP contribution is 2.18. The van der Waals surface area contributed by atoms with Crippen LogP contribution in [0, 0.1) is 0 Å². The molecule has 0 unspecified atom stereocenters. The van der Waals surface area contributed by atoms with E-state index in [1.807, 2.05) is 6.92 Å². The SMILES string of the molecule is CCCC(=O)CN1C(=O)CSC1=O. The molecule has 0 aromatic carbocycles. The summed E-state index contributed by atoms with van der Waals surface area (Å²) in [6.45, 7) is 1.85. The van der Waals surface area contributed by atoms with Gasteiger partial charge in [-0.1, -0.05) is 18.7 Å². The number of carbonyl (C=O) groups is 3. The number of imide groups is 1. The maximum Gasteiger partial charge on any atom is 0.289 e. The molecule has 72 valence electrons.